The van der Waals surface area contributed by atoms with Crippen molar-refractivity contribution in [3.8, 4) is 0 Å². The molecule has 1 aromatic heterocycles. The number of nitrogens with zero attached hydrogens (tertiary/aromatic N) is 3. The van der Waals surface area contributed by atoms with E-state index in [1.807, 2.05) is 30.3 Å². The molecular formula is C19H24BrN5O2. The van der Waals surface area contributed by atoms with Crippen molar-refractivity contribution in [1.82, 2.24) is 14.9 Å². The molecule has 1 atom stereocenters. The summed E-state index contributed by atoms with van der Waals surface area (Å²) >= 11 is 3.47. The van der Waals surface area contributed by atoms with Crippen molar-refractivity contribution in [2.75, 3.05) is 37.4 Å². The number of methoxy groups -OCH3 is 1. The van der Waals surface area contributed by atoms with Gasteiger partial charge in [0.15, 0.2) is 0 Å². The third kappa shape index (κ3) is 6.18. The maximum absolute atomic E-state index is 11.5. The molecule has 1 aliphatic heterocycles. The molecule has 1 unspecified atom stereocenters. The van der Waals surface area contributed by atoms with E-state index in [0.717, 1.165) is 54.1 Å². The Morgan fingerprint density at radius 1 is 1.26 bits per heavy atom. The van der Waals surface area contributed by atoms with Gasteiger partial charge >= 0.3 is 5.97 Å². The molecule has 1 saturated heterocycles. The van der Waals surface area contributed by atoms with Crippen molar-refractivity contribution < 1.29 is 9.53 Å². The van der Waals surface area contributed by atoms with Crippen LogP contribution in [0, 0.1) is 0 Å². The second-order valence-corrected chi connectivity index (χ2v) is 7.46. The highest BCUT2D eigenvalue weighted by atomic mass is 79.9. The summed E-state index contributed by atoms with van der Waals surface area (Å²) in [4.78, 5) is 22.3. The fourth-order valence-corrected chi connectivity index (χ4v) is 3.53. The van der Waals surface area contributed by atoms with Gasteiger partial charge in [0.25, 0.3) is 0 Å². The molecule has 1 aromatic carbocycles. The van der Waals surface area contributed by atoms with E-state index in [1.165, 1.54) is 7.11 Å². The summed E-state index contributed by atoms with van der Waals surface area (Å²) in [5.41, 5.74) is 0.960. The maximum atomic E-state index is 11.5. The topological polar surface area (TPSA) is 79.4 Å². The lowest BCUT2D eigenvalue weighted by Gasteiger charge is -2.19. The first-order valence-corrected chi connectivity index (χ1v) is 9.82. The van der Waals surface area contributed by atoms with Crippen LogP contribution in [0.4, 0.5) is 17.3 Å². The highest BCUT2D eigenvalue weighted by molar-refractivity contribution is 9.10. The summed E-state index contributed by atoms with van der Waals surface area (Å²) in [6.45, 7) is 2.13. The van der Waals surface area contributed by atoms with Crippen molar-refractivity contribution >= 4 is 39.2 Å². The molecule has 27 heavy (non-hydrogen) atoms. The first-order chi connectivity index (χ1) is 13.1. The van der Waals surface area contributed by atoms with E-state index >= 15 is 0 Å². The third-order valence-electron chi connectivity index (χ3n) is 4.52. The van der Waals surface area contributed by atoms with Gasteiger partial charge in [0.2, 0.25) is 0 Å². The zero-order chi connectivity index (χ0) is 19.1. The molecule has 2 aromatic rings. The smallest absolute Gasteiger partial charge is 0.319 e. The standard InChI is InChI=1S/C19H24BrN5O2/c1-27-19(26)12-25-8-3-6-15(7-9-25)23-17-11-18(22-13-21-17)24-16-5-2-4-14(20)10-16/h2,4-5,10-11,13,15H,3,6-9,12H2,1H3,(H2,21,22,23,24). The Bertz CT molecular complexity index is 773. The van der Waals surface area contributed by atoms with E-state index in [2.05, 4.69) is 41.4 Å². The average Bonchev–Trinajstić information content (AvgIpc) is 2.87. The minimum Gasteiger partial charge on any atom is -0.468 e. The molecule has 3 rings (SSSR count). The minimum atomic E-state index is -0.180. The van der Waals surface area contributed by atoms with Crippen molar-refractivity contribution in [3.05, 3.63) is 41.1 Å². The number of halogens is 1. The van der Waals surface area contributed by atoms with E-state index in [1.54, 1.807) is 6.33 Å². The van der Waals surface area contributed by atoms with Crippen LogP contribution in [-0.4, -0.2) is 53.6 Å². The number of nitrogens with one attached hydrogen (secondary N) is 2. The van der Waals surface area contributed by atoms with Crippen molar-refractivity contribution in [2.24, 2.45) is 0 Å². The largest absolute Gasteiger partial charge is 0.468 e. The van der Waals surface area contributed by atoms with Gasteiger partial charge < -0.3 is 15.4 Å². The number of aromatic nitrogens is 2. The molecule has 144 valence electrons. The Labute approximate surface area is 167 Å². The Kier molecular flexibility index (Phi) is 7.00. The molecule has 2 heterocycles. The van der Waals surface area contributed by atoms with Gasteiger partial charge in [-0.05, 0) is 44.0 Å². The third-order valence-corrected chi connectivity index (χ3v) is 5.01. The highest BCUT2D eigenvalue weighted by Crippen LogP contribution is 2.21. The number of carbonyl (C=O) groups is 1. The molecule has 0 amide bonds. The summed E-state index contributed by atoms with van der Waals surface area (Å²) in [7, 11) is 1.43. The van der Waals surface area contributed by atoms with Gasteiger partial charge in [-0.3, -0.25) is 9.69 Å². The Hall–Kier alpha value is -2.19. The zero-order valence-corrected chi connectivity index (χ0v) is 16.9. The van der Waals surface area contributed by atoms with Crippen LogP contribution >= 0.6 is 15.9 Å². The fraction of sp³-hybridized carbons (Fsp3) is 0.421. The quantitative estimate of drug-likeness (QED) is 0.675. The van der Waals surface area contributed by atoms with Crippen LogP contribution in [-0.2, 0) is 9.53 Å². The van der Waals surface area contributed by atoms with E-state index in [0.29, 0.717) is 12.6 Å². The number of hydrogen-bond donors (Lipinski definition) is 2. The van der Waals surface area contributed by atoms with Crippen molar-refractivity contribution in [3.63, 3.8) is 0 Å². The molecule has 8 heteroatoms. The number of benzene rings is 1. The summed E-state index contributed by atoms with van der Waals surface area (Å²) < 4.78 is 5.77. The van der Waals surface area contributed by atoms with Gasteiger partial charge in [0.05, 0.1) is 13.7 Å². The fourth-order valence-electron chi connectivity index (χ4n) is 3.13. The van der Waals surface area contributed by atoms with Gasteiger partial charge in [-0.15, -0.1) is 0 Å². The minimum absolute atomic E-state index is 0.180. The van der Waals surface area contributed by atoms with E-state index < -0.39 is 0 Å². The second-order valence-electron chi connectivity index (χ2n) is 6.55. The van der Waals surface area contributed by atoms with E-state index in [-0.39, 0.29) is 5.97 Å². The first-order valence-electron chi connectivity index (χ1n) is 9.03. The van der Waals surface area contributed by atoms with Crippen molar-refractivity contribution in [2.45, 2.75) is 25.3 Å². The molecule has 0 bridgehead atoms. The normalized spacial score (nSPS) is 17.8. The van der Waals surface area contributed by atoms with Crippen LogP contribution in [0.3, 0.4) is 0 Å². The number of likely N-dealkylation sites (tertiary alicyclic amines) is 1. The molecule has 0 aliphatic carbocycles. The number of anilines is 3. The van der Waals surface area contributed by atoms with Gasteiger partial charge in [-0.1, -0.05) is 22.0 Å². The molecule has 1 fully saturated rings. The van der Waals surface area contributed by atoms with Crippen LogP contribution < -0.4 is 10.6 Å². The molecule has 0 saturated carbocycles. The Morgan fingerprint density at radius 3 is 2.93 bits per heavy atom. The number of hydrogen-bond acceptors (Lipinski definition) is 7. The first kappa shape index (κ1) is 19.6. The predicted octanol–water partition coefficient (Wildman–Crippen LogP) is 3.42. The second kappa shape index (κ2) is 9.66. The number of carbonyl (C=O) groups excluding carboxylic acids is 1. The maximum Gasteiger partial charge on any atom is 0.319 e. The lowest BCUT2D eigenvalue weighted by molar-refractivity contribution is -0.141. The van der Waals surface area contributed by atoms with Crippen LogP contribution in [0.2, 0.25) is 0 Å². The monoisotopic (exact) mass is 433 g/mol. The highest BCUT2D eigenvalue weighted by Gasteiger charge is 2.19. The van der Waals surface area contributed by atoms with Gasteiger partial charge in [0, 0.05) is 28.8 Å². The number of ether oxygens (including phenoxy) is 1. The summed E-state index contributed by atoms with van der Waals surface area (Å²) in [5.74, 6) is 1.36. The Balaban J connectivity index is 1.57. The molecular weight excluding hydrogens is 410 g/mol. The average molecular weight is 434 g/mol. The summed E-state index contributed by atoms with van der Waals surface area (Å²) in [5, 5.41) is 6.79. The summed E-state index contributed by atoms with van der Waals surface area (Å²) in [6, 6.07) is 10.2. The van der Waals surface area contributed by atoms with Crippen LogP contribution in [0.5, 0.6) is 0 Å². The predicted molar refractivity (Wildman–Crippen MR) is 109 cm³/mol. The SMILES string of the molecule is COC(=O)CN1CCCC(Nc2cc(Nc3cccc(Br)c3)ncn2)CC1. The van der Waals surface area contributed by atoms with Crippen LogP contribution in [0.25, 0.3) is 0 Å². The van der Waals surface area contributed by atoms with Gasteiger partial charge in [0.1, 0.15) is 18.0 Å². The molecule has 7 nitrogen and oxygen atoms in total. The van der Waals surface area contributed by atoms with Crippen LogP contribution in [0.1, 0.15) is 19.3 Å². The van der Waals surface area contributed by atoms with Gasteiger partial charge in [-0.25, -0.2) is 9.97 Å². The zero-order valence-electron chi connectivity index (χ0n) is 15.3. The van der Waals surface area contributed by atoms with Crippen LogP contribution in [0.15, 0.2) is 41.1 Å². The lowest BCUT2D eigenvalue weighted by atomic mass is 10.1. The van der Waals surface area contributed by atoms with Crippen molar-refractivity contribution in [1.29, 1.82) is 0 Å². The van der Waals surface area contributed by atoms with Gasteiger partial charge in [-0.2, -0.15) is 0 Å². The number of esters is 1. The Morgan fingerprint density at radius 2 is 2.11 bits per heavy atom. The van der Waals surface area contributed by atoms with E-state index in [9.17, 15) is 4.79 Å². The molecule has 1 aliphatic rings. The molecule has 0 radical (unpaired) electrons. The van der Waals surface area contributed by atoms with E-state index in [4.69, 9.17) is 4.74 Å². The molecule has 2 N–H and O–H groups in total. The lowest BCUT2D eigenvalue weighted by Crippen LogP contribution is -2.32. The summed E-state index contributed by atoms with van der Waals surface area (Å²) in [6.07, 6.45) is 4.58. The number of rotatable bonds is 6. The molecule has 0 spiro atoms.